The summed E-state index contributed by atoms with van der Waals surface area (Å²) in [4.78, 5) is 7.47. The summed E-state index contributed by atoms with van der Waals surface area (Å²) >= 11 is 5.93. The molecule has 0 aliphatic heterocycles. The van der Waals surface area contributed by atoms with Crippen LogP contribution in [-0.4, -0.2) is 16.5 Å². The third-order valence-corrected chi connectivity index (χ3v) is 3.51. The average Bonchev–Trinajstić information content (AvgIpc) is 2.89. The molecule has 2 N–H and O–H groups in total. The summed E-state index contributed by atoms with van der Waals surface area (Å²) in [5.41, 5.74) is 2.64. The summed E-state index contributed by atoms with van der Waals surface area (Å²) in [6, 6.07) is 11.6. The van der Waals surface area contributed by atoms with Crippen LogP contribution in [-0.2, 0) is 6.42 Å². The van der Waals surface area contributed by atoms with Crippen LogP contribution in [0.15, 0.2) is 36.4 Å². The first-order valence-corrected chi connectivity index (χ1v) is 7.11. The second-order valence-corrected chi connectivity index (χ2v) is 5.26. The zero-order valence-corrected chi connectivity index (χ0v) is 12.3. The number of halogens is 2. The fourth-order valence-corrected chi connectivity index (χ4v) is 2.40. The number of aromatic nitrogens is 2. The SMILES string of the molecule is N#Cc1ccc(Cl)cc1NCCc1nc2ccc(F)cc2[nH]1. The summed E-state index contributed by atoms with van der Waals surface area (Å²) < 4.78 is 13.1. The van der Waals surface area contributed by atoms with Gasteiger partial charge in [0.05, 0.1) is 22.3 Å². The van der Waals surface area contributed by atoms with Crippen molar-refractivity contribution in [1.29, 1.82) is 5.26 Å². The van der Waals surface area contributed by atoms with E-state index in [1.165, 1.54) is 12.1 Å². The van der Waals surface area contributed by atoms with Gasteiger partial charge in [-0.2, -0.15) is 5.26 Å². The van der Waals surface area contributed by atoms with Gasteiger partial charge in [0.1, 0.15) is 17.7 Å². The summed E-state index contributed by atoms with van der Waals surface area (Å²) in [6.07, 6.45) is 0.619. The highest BCUT2D eigenvalue weighted by atomic mass is 35.5. The third kappa shape index (κ3) is 3.02. The van der Waals surface area contributed by atoms with E-state index < -0.39 is 0 Å². The number of fused-ring (bicyclic) bond motifs is 1. The van der Waals surface area contributed by atoms with E-state index in [1.807, 2.05) is 0 Å². The zero-order chi connectivity index (χ0) is 15.5. The molecule has 0 unspecified atom stereocenters. The fraction of sp³-hybridized carbons (Fsp3) is 0.125. The average molecular weight is 315 g/mol. The van der Waals surface area contributed by atoms with Crippen molar-refractivity contribution >= 4 is 28.3 Å². The van der Waals surface area contributed by atoms with Crippen LogP contribution in [0.4, 0.5) is 10.1 Å². The van der Waals surface area contributed by atoms with Crippen LogP contribution in [0.1, 0.15) is 11.4 Å². The molecule has 22 heavy (non-hydrogen) atoms. The molecule has 1 heterocycles. The molecular weight excluding hydrogens is 303 g/mol. The lowest BCUT2D eigenvalue weighted by atomic mass is 10.2. The molecule has 0 radical (unpaired) electrons. The molecule has 0 spiro atoms. The molecule has 0 saturated carbocycles. The predicted octanol–water partition coefficient (Wildman–Crippen LogP) is 3.88. The normalized spacial score (nSPS) is 10.6. The summed E-state index contributed by atoms with van der Waals surface area (Å²) in [6.45, 7) is 0.581. The maximum atomic E-state index is 13.1. The van der Waals surface area contributed by atoms with Crippen molar-refractivity contribution in [3.8, 4) is 6.07 Å². The first-order valence-electron chi connectivity index (χ1n) is 6.73. The molecular formula is C16H12ClFN4. The van der Waals surface area contributed by atoms with E-state index in [0.29, 0.717) is 34.8 Å². The number of hydrogen-bond acceptors (Lipinski definition) is 3. The number of nitrogens with one attached hydrogen (secondary N) is 2. The molecule has 0 aliphatic carbocycles. The lowest BCUT2D eigenvalue weighted by molar-refractivity contribution is 0.629. The molecule has 0 bridgehead atoms. The monoisotopic (exact) mass is 314 g/mol. The number of H-pyrrole nitrogens is 1. The van der Waals surface area contributed by atoms with Crippen LogP contribution < -0.4 is 5.32 Å². The number of imidazole rings is 1. The van der Waals surface area contributed by atoms with Crippen molar-refractivity contribution in [2.75, 3.05) is 11.9 Å². The maximum absolute atomic E-state index is 13.1. The van der Waals surface area contributed by atoms with Gasteiger partial charge in [-0.1, -0.05) is 11.6 Å². The van der Waals surface area contributed by atoms with E-state index in [9.17, 15) is 4.39 Å². The predicted molar refractivity (Wildman–Crippen MR) is 84.4 cm³/mol. The Kier molecular flexibility index (Phi) is 3.94. The van der Waals surface area contributed by atoms with Crippen molar-refractivity contribution in [1.82, 2.24) is 9.97 Å². The van der Waals surface area contributed by atoms with Crippen molar-refractivity contribution < 1.29 is 4.39 Å². The molecule has 1 aromatic heterocycles. The molecule has 0 fully saturated rings. The smallest absolute Gasteiger partial charge is 0.125 e. The Balaban J connectivity index is 1.70. The highest BCUT2D eigenvalue weighted by Gasteiger charge is 2.05. The molecule has 110 valence electrons. The van der Waals surface area contributed by atoms with Gasteiger partial charge >= 0.3 is 0 Å². The van der Waals surface area contributed by atoms with E-state index in [-0.39, 0.29) is 5.82 Å². The Morgan fingerprint density at radius 3 is 2.95 bits per heavy atom. The molecule has 0 atom stereocenters. The lowest BCUT2D eigenvalue weighted by Crippen LogP contribution is -2.07. The Morgan fingerprint density at radius 2 is 2.14 bits per heavy atom. The van der Waals surface area contributed by atoms with Gasteiger partial charge in [-0.05, 0) is 36.4 Å². The van der Waals surface area contributed by atoms with E-state index in [1.54, 1.807) is 24.3 Å². The second kappa shape index (κ2) is 6.04. The standard InChI is InChI=1S/C16H12ClFN4/c17-11-2-1-10(9-19)14(7-11)20-6-5-16-21-13-4-3-12(18)8-15(13)22-16/h1-4,7-8,20H,5-6H2,(H,21,22). The van der Waals surface area contributed by atoms with Gasteiger partial charge < -0.3 is 10.3 Å². The van der Waals surface area contributed by atoms with Gasteiger partial charge in [-0.3, -0.25) is 0 Å². The molecule has 0 saturated heterocycles. The highest BCUT2D eigenvalue weighted by molar-refractivity contribution is 6.30. The molecule has 3 aromatic rings. The van der Waals surface area contributed by atoms with E-state index >= 15 is 0 Å². The Morgan fingerprint density at radius 1 is 1.27 bits per heavy atom. The van der Waals surface area contributed by atoms with Gasteiger partial charge in [0.2, 0.25) is 0 Å². The van der Waals surface area contributed by atoms with E-state index in [2.05, 4.69) is 21.4 Å². The van der Waals surface area contributed by atoms with Crippen LogP contribution in [0, 0.1) is 17.1 Å². The quantitative estimate of drug-likeness (QED) is 0.768. The minimum absolute atomic E-state index is 0.293. The minimum Gasteiger partial charge on any atom is -0.383 e. The molecule has 0 amide bonds. The molecule has 3 rings (SSSR count). The first-order chi connectivity index (χ1) is 10.7. The number of nitriles is 1. The first kappa shape index (κ1) is 14.4. The maximum Gasteiger partial charge on any atom is 0.125 e. The van der Waals surface area contributed by atoms with E-state index in [0.717, 1.165) is 11.3 Å². The van der Waals surface area contributed by atoms with Crippen LogP contribution in [0.5, 0.6) is 0 Å². The summed E-state index contributed by atoms with van der Waals surface area (Å²) in [7, 11) is 0. The summed E-state index contributed by atoms with van der Waals surface area (Å²) in [5, 5.41) is 12.8. The largest absolute Gasteiger partial charge is 0.383 e. The highest BCUT2D eigenvalue weighted by Crippen LogP contribution is 2.20. The van der Waals surface area contributed by atoms with Crippen LogP contribution in [0.25, 0.3) is 11.0 Å². The van der Waals surface area contributed by atoms with Crippen LogP contribution in [0.3, 0.4) is 0 Å². The molecule has 6 heteroatoms. The van der Waals surface area contributed by atoms with Gasteiger partial charge in [-0.15, -0.1) is 0 Å². The number of nitrogens with zero attached hydrogens (tertiary/aromatic N) is 2. The van der Waals surface area contributed by atoms with Gasteiger partial charge in [0.25, 0.3) is 0 Å². The van der Waals surface area contributed by atoms with Gasteiger partial charge in [0.15, 0.2) is 0 Å². The van der Waals surface area contributed by atoms with Crippen molar-refractivity contribution in [3.05, 3.63) is 58.6 Å². The molecule has 4 nitrogen and oxygen atoms in total. The van der Waals surface area contributed by atoms with Crippen molar-refractivity contribution in [2.24, 2.45) is 0 Å². The summed E-state index contributed by atoms with van der Waals surface area (Å²) in [5.74, 6) is 0.465. The molecule has 0 aliphatic rings. The lowest BCUT2D eigenvalue weighted by Gasteiger charge is -2.07. The number of benzene rings is 2. The van der Waals surface area contributed by atoms with Gasteiger partial charge in [-0.25, -0.2) is 9.37 Å². The zero-order valence-electron chi connectivity index (χ0n) is 11.5. The number of hydrogen-bond donors (Lipinski definition) is 2. The van der Waals surface area contributed by atoms with Crippen molar-refractivity contribution in [3.63, 3.8) is 0 Å². The fourth-order valence-electron chi connectivity index (χ4n) is 2.23. The number of rotatable bonds is 4. The topological polar surface area (TPSA) is 64.5 Å². The minimum atomic E-state index is -0.293. The second-order valence-electron chi connectivity index (χ2n) is 4.82. The van der Waals surface area contributed by atoms with Crippen LogP contribution >= 0.6 is 11.6 Å². The third-order valence-electron chi connectivity index (χ3n) is 3.27. The Labute approximate surface area is 131 Å². The van der Waals surface area contributed by atoms with E-state index in [4.69, 9.17) is 16.9 Å². The Bertz CT molecular complexity index is 866. The van der Waals surface area contributed by atoms with Crippen molar-refractivity contribution in [2.45, 2.75) is 6.42 Å². The number of aromatic amines is 1. The van der Waals surface area contributed by atoms with Crippen LogP contribution in [0.2, 0.25) is 5.02 Å². The Hall–Kier alpha value is -2.58. The number of anilines is 1. The van der Waals surface area contributed by atoms with Gasteiger partial charge in [0, 0.05) is 18.0 Å². The molecule has 2 aromatic carbocycles.